The highest BCUT2D eigenvalue weighted by Gasteiger charge is 2.04. The van der Waals surface area contributed by atoms with Crippen molar-refractivity contribution in [1.29, 1.82) is 0 Å². The van der Waals surface area contributed by atoms with Gasteiger partial charge in [-0.1, -0.05) is 0 Å². The second-order valence-electron chi connectivity index (χ2n) is 1.15. The lowest BCUT2D eigenvalue weighted by Crippen LogP contribution is -2.14. The Morgan fingerprint density at radius 3 is 2.25 bits per heavy atom. The highest BCUT2D eigenvalue weighted by atomic mass is 32.2. The van der Waals surface area contributed by atoms with Crippen LogP contribution >= 0.6 is 9.47 Å². The fourth-order valence-electron chi connectivity index (χ4n) is 0.192. The molecule has 0 aliphatic rings. The molecule has 1 unspecified atom stereocenters. The third-order valence-corrected chi connectivity index (χ3v) is 2.42. The smallest absolute Gasteiger partial charge is 0.271 e. The molecule has 50 valence electrons. The zero-order valence-electron chi connectivity index (χ0n) is 4.20. The van der Waals surface area contributed by atoms with Gasteiger partial charge in [0.2, 0.25) is 0 Å². The second-order valence-corrected chi connectivity index (χ2v) is 3.44. The average molecular weight is 157 g/mol. The average Bonchev–Trinajstić information content (AvgIpc) is 1.67. The van der Waals surface area contributed by atoms with Crippen LogP contribution in [0.5, 0.6) is 0 Å². The van der Waals surface area contributed by atoms with Crippen LogP contribution in [0.15, 0.2) is 0 Å². The van der Waals surface area contributed by atoms with Gasteiger partial charge in [-0.25, -0.2) is 0 Å². The van der Waals surface area contributed by atoms with Gasteiger partial charge in [0.1, 0.15) is 0 Å². The van der Waals surface area contributed by atoms with E-state index in [4.69, 9.17) is 5.73 Å². The number of hydrogen-bond donors (Lipinski definition) is 1. The van der Waals surface area contributed by atoms with E-state index in [-0.39, 0.29) is 12.3 Å². The van der Waals surface area contributed by atoms with Gasteiger partial charge in [-0.05, 0) is 0 Å². The molecule has 0 bridgehead atoms. The van der Waals surface area contributed by atoms with Crippen LogP contribution in [0, 0.1) is 0 Å². The molecule has 0 heterocycles. The molecule has 2 N–H and O–H groups in total. The normalized spacial score (nSPS) is 11.8. The molecule has 0 saturated carbocycles. The summed E-state index contributed by atoms with van der Waals surface area (Å²) in [5.41, 5.74) is 4.92. The lowest BCUT2D eigenvalue weighted by Gasteiger charge is -1.94. The summed E-state index contributed by atoms with van der Waals surface area (Å²) in [7, 11) is -1.68. The molecule has 0 aromatic rings. The van der Waals surface area contributed by atoms with E-state index >= 15 is 0 Å². The summed E-state index contributed by atoms with van der Waals surface area (Å²) in [4.78, 5) is 0. The molecule has 0 aliphatic heterocycles. The van der Waals surface area contributed by atoms with E-state index in [1.54, 1.807) is 9.47 Å². The quantitative estimate of drug-likeness (QED) is 0.538. The van der Waals surface area contributed by atoms with Gasteiger partial charge >= 0.3 is 0 Å². The molecular formula is C2H8NO3PS. The van der Waals surface area contributed by atoms with Crippen molar-refractivity contribution in [3.8, 4) is 0 Å². The SMILES string of the molecule is NCCS(=O)(=O)OP. The maximum absolute atomic E-state index is 10.3. The van der Waals surface area contributed by atoms with Crippen molar-refractivity contribution in [2.45, 2.75) is 0 Å². The summed E-state index contributed by atoms with van der Waals surface area (Å²) in [5, 5.41) is 0. The molecule has 0 aromatic carbocycles. The van der Waals surface area contributed by atoms with Crippen LogP contribution in [0.4, 0.5) is 0 Å². The molecule has 0 rings (SSSR count). The van der Waals surface area contributed by atoms with Gasteiger partial charge in [-0.2, -0.15) is 8.42 Å². The molecule has 6 heteroatoms. The van der Waals surface area contributed by atoms with Crippen molar-refractivity contribution >= 4 is 19.6 Å². The first kappa shape index (κ1) is 8.30. The van der Waals surface area contributed by atoms with Crippen LogP contribution in [0.25, 0.3) is 0 Å². The van der Waals surface area contributed by atoms with Crippen LogP contribution in [0.1, 0.15) is 0 Å². The first-order chi connectivity index (χ1) is 3.62. The van der Waals surface area contributed by atoms with Crippen LogP contribution in [0.2, 0.25) is 0 Å². The van der Waals surface area contributed by atoms with Crippen molar-refractivity contribution in [2.75, 3.05) is 12.3 Å². The van der Waals surface area contributed by atoms with Crippen LogP contribution in [-0.4, -0.2) is 20.7 Å². The summed E-state index contributed by atoms with van der Waals surface area (Å²) in [6, 6.07) is 0. The predicted octanol–water partition coefficient (Wildman–Crippen LogP) is -0.918. The minimum absolute atomic E-state index is 0.0940. The zero-order valence-corrected chi connectivity index (χ0v) is 6.17. The molecule has 8 heavy (non-hydrogen) atoms. The van der Waals surface area contributed by atoms with Gasteiger partial charge in [0, 0.05) is 16.0 Å². The van der Waals surface area contributed by atoms with Crippen LogP contribution < -0.4 is 5.73 Å². The lowest BCUT2D eigenvalue weighted by atomic mass is 10.8. The summed E-state index contributed by atoms with van der Waals surface area (Å²) in [6.45, 7) is 0.0940. The molecular weight excluding hydrogens is 149 g/mol. The van der Waals surface area contributed by atoms with E-state index in [2.05, 4.69) is 3.97 Å². The Bertz CT molecular complexity index is 141. The molecule has 0 saturated heterocycles. The van der Waals surface area contributed by atoms with Gasteiger partial charge in [0.25, 0.3) is 10.1 Å². The minimum atomic E-state index is -3.33. The van der Waals surface area contributed by atoms with Crippen molar-refractivity contribution in [3.05, 3.63) is 0 Å². The standard InChI is InChI=1S/C2H8NO3PS/c3-1-2-8(4,5)6-7/h1-3,7H2. The largest absolute Gasteiger partial charge is 0.329 e. The number of nitrogens with two attached hydrogens (primary N) is 1. The van der Waals surface area contributed by atoms with E-state index in [1.807, 2.05) is 0 Å². The molecule has 1 atom stereocenters. The highest BCUT2D eigenvalue weighted by molar-refractivity contribution is 7.88. The topological polar surface area (TPSA) is 69.4 Å². The van der Waals surface area contributed by atoms with Crippen molar-refractivity contribution in [1.82, 2.24) is 0 Å². The van der Waals surface area contributed by atoms with Crippen molar-refractivity contribution < 1.29 is 12.4 Å². The monoisotopic (exact) mass is 157 g/mol. The number of rotatable bonds is 3. The minimum Gasteiger partial charge on any atom is -0.329 e. The molecule has 0 aliphatic carbocycles. The van der Waals surface area contributed by atoms with E-state index in [0.29, 0.717) is 0 Å². The molecule has 0 aromatic heterocycles. The molecule has 0 radical (unpaired) electrons. The predicted molar refractivity (Wildman–Crippen MR) is 33.6 cm³/mol. The Kier molecular flexibility index (Phi) is 3.48. The third-order valence-electron chi connectivity index (χ3n) is 0.514. The first-order valence-corrected chi connectivity index (χ1v) is 3.98. The summed E-state index contributed by atoms with van der Waals surface area (Å²) in [6.07, 6.45) is 0. The molecule has 0 spiro atoms. The maximum Gasteiger partial charge on any atom is 0.271 e. The Balaban J connectivity index is 3.76. The van der Waals surface area contributed by atoms with E-state index in [1.165, 1.54) is 0 Å². The van der Waals surface area contributed by atoms with Gasteiger partial charge in [0.15, 0.2) is 0 Å². The van der Waals surface area contributed by atoms with Crippen molar-refractivity contribution in [2.24, 2.45) is 5.73 Å². The molecule has 4 nitrogen and oxygen atoms in total. The Hall–Kier alpha value is 0.300. The second kappa shape index (κ2) is 3.35. The third kappa shape index (κ3) is 3.32. The summed E-state index contributed by atoms with van der Waals surface area (Å²) < 4.78 is 24.5. The highest BCUT2D eigenvalue weighted by Crippen LogP contribution is 1.96. The molecule has 0 fully saturated rings. The Morgan fingerprint density at radius 2 is 2.12 bits per heavy atom. The van der Waals surface area contributed by atoms with Gasteiger partial charge in [-0.3, -0.25) is 3.97 Å². The summed E-state index contributed by atoms with van der Waals surface area (Å²) in [5.74, 6) is -0.128. The molecule has 0 amide bonds. The van der Waals surface area contributed by atoms with Crippen molar-refractivity contribution in [3.63, 3.8) is 0 Å². The first-order valence-electron chi connectivity index (χ1n) is 1.93. The van der Waals surface area contributed by atoms with Gasteiger partial charge in [0.05, 0.1) is 5.75 Å². The fourth-order valence-corrected chi connectivity index (χ4v) is 0.866. The van der Waals surface area contributed by atoms with E-state index < -0.39 is 10.1 Å². The summed E-state index contributed by atoms with van der Waals surface area (Å²) >= 11 is 0. The van der Waals surface area contributed by atoms with E-state index in [0.717, 1.165) is 0 Å². The Labute approximate surface area is 50.8 Å². The Morgan fingerprint density at radius 1 is 1.62 bits per heavy atom. The van der Waals surface area contributed by atoms with Crippen LogP contribution in [-0.2, 0) is 14.1 Å². The van der Waals surface area contributed by atoms with Gasteiger partial charge < -0.3 is 5.73 Å². The number of hydrogen-bond acceptors (Lipinski definition) is 4. The van der Waals surface area contributed by atoms with Crippen LogP contribution in [0.3, 0.4) is 0 Å². The maximum atomic E-state index is 10.3. The van der Waals surface area contributed by atoms with Gasteiger partial charge in [-0.15, -0.1) is 0 Å². The van der Waals surface area contributed by atoms with E-state index in [9.17, 15) is 8.42 Å². The zero-order chi connectivity index (χ0) is 6.62. The fraction of sp³-hybridized carbons (Fsp3) is 1.00. The lowest BCUT2D eigenvalue weighted by molar-refractivity contribution is 0.518.